The van der Waals surface area contributed by atoms with Crippen molar-refractivity contribution in [3.05, 3.63) is 29.5 Å². The summed E-state index contributed by atoms with van der Waals surface area (Å²) in [4.78, 5) is 0. The van der Waals surface area contributed by atoms with Crippen LogP contribution in [0, 0.1) is 6.92 Å². The highest BCUT2D eigenvalue weighted by molar-refractivity contribution is 5.83. The van der Waals surface area contributed by atoms with Crippen LogP contribution < -0.4 is 4.74 Å². The minimum absolute atomic E-state index is 0.0527. The summed E-state index contributed by atoms with van der Waals surface area (Å²) in [5.74, 6) is 1.83. The summed E-state index contributed by atoms with van der Waals surface area (Å²) >= 11 is 0. The lowest BCUT2D eigenvalue weighted by atomic mass is 9.86. The van der Waals surface area contributed by atoms with Gasteiger partial charge in [-0.3, -0.25) is 0 Å². The quantitative estimate of drug-likeness (QED) is 0.720. The van der Waals surface area contributed by atoms with Crippen molar-refractivity contribution in [3.63, 3.8) is 0 Å². The molecule has 16 heavy (non-hydrogen) atoms. The molecule has 0 atom stereocenters. The highest BCUT2D eigenvalue weighted by atomic mass is 16.5. The normalized spacial score (nSPS) is 12.1. The van der Waals surface area contributed by atoms with Gasteiger partial charge in [0.2, 0.25) is 0 Å². The molecule has 2 aromatic rings. The zero-order valence-electron chi connectivity index (χ0n) is 10.5. The lowest BCUT2D eigenvalue weighted by Gasteiger charge is -2.20. The van der Waals surface area contributed by atoms with Crippen LogP contribution >= 0.6 is 0 Å². The number of hydrogen-bond donors (Lipinski definition) is 0. The fourth-order valence-corrected chi connectivity index (χ4v) is 1.93. The van der Waals surface area contributed by atoms with Crippen LogP contribution in [0.15, 0.2) is 22.6 Å². The first kappa shape index (κ1) is 11.1. The maximum atomic E-state index is 5.77. The van der Waals surface area contributed by atoms with Crippen LogP contribution in [-0.4, -0.2) is 7.11 Å². The molecule has 0 unspecified atom stereocenters. The van der Waals surface area contributed by atoms with Crippen molar-refractivity contribution in [1.29, 1.82) is 0 Å². The third kappa shape index (κ3) is 1.80. The molecular weight excluding hydrogens is 200 g/mol. The molecule has 0 N–H and O–H groups in total. The van der Waals surface area contributed by atoms with Crippen LogP contribution in [0.3, 0.4) is 0 Å². The standard InChI is InChI=1S/C14H18O2/c1-9-6-10-7-11(15-5)8-12(13(10)16-9)14(2,3)4/h6-8H,1-5H3. The lowest BCUT2D eigenvalue weighted by molar-refractivity contribution is 0.413. The van der Waals surface area contributed by atoms with E-state index in [1.165, 1.54) is 5.56 Å². The Morgan fingerprint density at radius 3 is 2.38 bits per heavy atom. The van der Waals surface area contributed by atoms with Gasteiger partial charge in [-0.05, 0) is 30.5 Å². The molecule has 0 radical (unpaired) electrons. The summed E-state index contributed by atoms with van der Waals surface area (Å²) < 4.78 is 11.1. The van der Waals surface area contributed by atoms with Crippen LogP contribution in [0.2, 0.25) is 0 Å². The molecule has 0 aliphatic rings. The first-order valence-corrected chi connectivity index (χ1v) is 5.50. The van der Waals surface area contributed by atoms with Crippen LogP contribution in [0.5, 0.6) is 5.75 Å². The molecule has 1 aromatic carbocycles. The molecule has 0 saturated carbocycles. The molecular formula is C14H18O2. The van der Waals surface area contributed by atoms with Gasteiger partial charge >= 0.3 is 0 Å². The van der Waals surface area contributed by atoms with Crippen molar-refractivity contribution >= 4 is 11.0 Å². The van der Waals surface area contributed by atoms with Crippen molar-refractivity contribution in [3.8, 4) is 5.75 Å². The Kier molecular flexibility index (Phi) is 2.45. The monoisotopic (exact) mass is 218 g/mol. The summed E-state index contributed by atoms with van der Waals surface area (Å²) in [6.45, 7) is 8.51. The molecule has 0 aliphatic carbocycles. The van der Waals surface area contributed by atoms with E-state index in [1.807, 2.05) is 19.1 Å². The number of methoxy groups -OCH3 is 1. The van der Waals surface area contributed by atoms with Crippen molar-refractivity contribution < 1.29 is 9.15 Å². The van der Waals surface area contributed by atoms with Crippen molar-refractivity contribution in [2.75, 3.05) is 7.11 Å². The maximum absolute atomic E-state index is 5.77. The molecule has 0 saturated heterocycles. The van der Waals surface area contributed by atoms with E-state index in [4.69, 9.17) is 9.15 Å². The Morgan fingerprint density at radius 2 is 1.81 bits per heavy atom. The zero-order valence-corrected chi connectivity index (χ0v) is 10.5. The van der Waals surface area contributed by atoms with Crippen LogP contribution in [-0.2, 0) is 5.41 Å². The highest BCUT2D eigenvalue weighted by Gasteiger charge is 2.20. The van der Waals surface area contributed by atoms with Gasteiger partial charge in [0.15, 0.2) is 0 Å². The van der Waals surface area contributed by atoms with E-state index in [9.17, 15) is 0 Å². The van der Waals surface area contributed by atoms with Gasteiger partial charge in [0.05, 0.1) is 7.11 Å². The Balaban J connectivity index is 2.78. The van der Waals surface area contributed by atoms with Crippen LogP contribution in [0.25, 0.3) is 11.0 Å². The van der Waals surface area contributed by atoms with Gasteiger partial charge < -0.3 is 9.15 Å². The van der Waals surface area contributed by atoms with Gasteiger partial charge in [0.25, 0.3) is 0 Å². The van der Waals surface area contributed by atoms with E-state index in [-0.39, 0.29) is 5.41 Å². The number of furan rings is 1. The summed E-state index contributed by atoms with van der Waals surface area (Å²) in [5.41, 5.74) is 2.22. The summed E-state index contributed by atoms with van der Waals surface area (Å²) in [6, 6.07) is 6.12. The Hall–Kier alpha value is -1.44. The van der Waals surface area contributed by atoms with Crippen LogP contribution in [0.1, 0.15) is 32.1 Å². The molecule has 0 bridgehead atoms. The third-order valence-corrected chi connectivity index (χ3v) is 2.76. The highest BCUT2D eigenvalue weighted by Crippen LogP contribution is 2.35. The Bertz CT molecular complexity index is 515. The zero-order chi connectivity index (χ0) is 11.9. The van der Waals surface area contributed by atoms with Crippen LogP contribution in [0.4, 0.5) is 0 Å². The number of ether oxygens (including phenoxy) is 1. The fourth-order valence-electron chi connectivity index (χ4n) is 1.93. The second-order valence-electron chi connectivity index (χ2n) is 5.20. The average Bonchev–Trinajstić information content (AvgIpc) is 2.54. The molecule has 0 aliphatic heterocycles. The van der Waals surface area contributed by atoms with Gasteiger partial charge in [-0.15, -0.1) is 0 Å². The molecule has 0 fully saturated rings. The fraction of sp³-hybridized carbons (Fsp3) is 0.429. The molecule has 0 amide bonds. The first-order chi connectivity index (χ1) is 7.41. The molecule has 1 heterocycles. The smallest absolute Gasteiger partial charge is 0.138 e. The Labute approximate surface area is 96.2 Å². The van der Waals surface area contributed by atoms with E-state index >= 15 is 0 Å². The summed E-state index contributed by atoms with van der Waals surface area (Å²) in [7, 11) is 1.69. The van der Waals surface area contributed by atoms with E-state index in [1.54, 1.807) is 7.11 Å². The van der Waals surface area contributed by atoms with E-state index in [2.05, 4.69) is 26.8 Å². The SMILES string of the molecule is COc1cc(C(C)(C)C)c2oc(C)cc2c1. The number of rotatable bonds is 1. The predicted octanol–water partition coefficient (Wildman–Crippen LogP) is 4.05. The van der Waals surface area contributed by atoms with Gasteiger partial charge in [-0.1, -0.05) is 20.8 Å². The molecule has 2 nitrogen and oxygen atoms in total. The van der Waals surface area contributed by atoms with Gasteiger partial charge in [0.1, 0.15) is 17.1 Å². The maximum Gasteiger partial charge on any atom is 0.138 e. The van der Waals surface area contributed by atoms with E-state index < -0.39 is 0 Å². The topological polar surface area (TPSA) is 22.4 Å². The predicted molar refractivity (Wildman–Crippen MR) is 66.2 cm³/mol. The second kappa shape index (κ2) is 3.55. The van der Waals surface area contributed by atoms with E-state index in [0.717, 1.165) is 22.5 Å². The van der Waals surface area contributed by atoms with Gasteiger partial charge in [-0.2, -0.15) is 0 Å². The van der Waals surface area contributed by atoms with Crippen molar-refractivity contribution in [2.24, 2.45) is 0 Å². The third-order valence-electron chi connectivity index (χ3n) is 2.76. The molecule has 2 heteroatoms. The molecule has 86 valence electrons. The molecule has 2 rings (SSSR count). The lowest BCUT2D eigenvalue weighted by Crippen LogP contribution is -2.11. The van der Waals surface area contributed by atoms with Gasteiger partial charge in [0, 0.05) is 10.9 Å². The second-order valence-corrected chi connectivity index (χ2v) is 5.20. The molecule has 1 aromatic heterocycles. The summed E-state index contributed by atoms with van der Waals surface area (Å²) in [5, 5.41) is 1.11. The van der Waals surface area contributed by atoms with E-state index in [0.29, 0.717) is 0 Å². The van der Waals surface area contributed by atoms with Gasteiger partial charge in [-0.25, -0.2) is 0 Å². The van der Waals surface area contributed by atoms with Crippen molar-refractivity contribution in [1.82, 2.24) is 0 Å². The minimum atomic E-state index is 0.0527. The first-order valence-electron chi connectivity index (χ1n) is 5.50. The molecule has 0 spiro atoms. The largest absolute Gasteiger partial charge is 0.497 e. The van der Waals surface area contributed by atoms with Crippen molar-refractivity contribution in [2.45, 2.75) is 33.1 Å². The number of aryl methyl sites for hydroxylation is 1. The number of fused-ring (bicyclic) bond motifs is 1. The Morgan fingerprint density at radius 1 is 1.12 bits per heavy atom. The number of benzene rings is 1. The average molecular weight is 218 g/mol. The number of hydrogen-bond acceptors (Lipinski definition) is 2. The summed E-state index contributed by atoms with van der Waals surface area (Å²) in [6.07, 6.45) is 0. The minimum Gasteiger partial charge on any atom is -0.497 e.